The van der Waals surface area contributed by atoms with E-state index in [1.807, 2.05) is 7.05 Å². The minimum absolute atomic E-state index is 0. The molecule has 1 aromatic heterocycles. The van der Waals surface area contributed by atoms with Crippen molar-refractivity contribution in [3.8, 4) is 0 Å². The molecule has 5 heteroatoms. The lowest BCUT2D eigenvalue weighted by Gasteiger charge is -2.11. The van der Waals surface area contributed by atoms with Crippen LogP contribution in [0.5, 0.6) is 0 Å². The monoisotopic (exact) mass is 381 g/mol. The van der Waals surface area contributed by atoms with Crippen molar-refractivity contribution in [2.45, 2.75) is 39.7 Å². The SMILES string of the molecule is CCCCCNC(=NC)NCc1sccc1C.I. The summed E-state index contributed by atoms with van der Waals surface area (Å²) < 4.78 is 0. The van der Waals surface area contributed by atoms with Gasteiger partial charge in [-0.2, -0.15) is 0 Å². The number of unbranched alkanes of at least 4 members (excludes halogenated alkanes) is 2. The number of thiophene rings is 1. The molecule has 1 aromatic rings. The van der Waals surface area contributed by atoms with Crippen LogP contribution >= 0.6 is 35.3 Å². The number of halogens is 1. The van der Waals surface area contributed by atoms with Crippen LogP contribution in [0.2, 0.25) is 0 Å². The van der Waals surface area contributed by atoms with Crippen LogP contribution < -0.4 is 10.6 Å². The lowest BCUT2D eigenvalue weighted by molar-refractivity contribution is 0.683. The topological polar surface area (TPSA) is 36.4 Å². The van der Waals surface area contributed by atoms with Gasteiger partial charge in [0.25, 0.3) is 0 Å². The zero-order valence-electron chi connectivity index (χ0n) is 11.5. The summed E-state index contributed by atoms with van der Waals surface area (Å²) in [5, 5.41) is 8.80. The van der Waals surface area contributed by atoms with Crippen LogP contribution in [0.1, 0.15) is 36.6 Å². The van der Waals surface area contributed by atoms with Gasteiger partial charge in [-0.25, -0.2) is 0 Å². The van der Waals surface area contributed by atoms with Crippen LogP contribution in [-0.2, 0) is 6.54 Å². The first-order valence-corrected chi connectivity index (χ1v) is 7.13. The van der Waals surface area contributed by atoms with Gasteiger partial charge in [-0.05, 0) is 30.4 Å². The van der Waals surface area contributed by atoms with E-state index >= 15 is 0 Å². The van der Waals surface area contributed by atoms with Gasteiger partial charge in [0, 0.05) is 18.5 Å². The second kappa shape index (κ2) is 10.6. The van der Waals surface area contributed by atoms with Crippen LogP contribution in [0, 0.1) is 6.92 Å². The molecule has 0 aliphatic carbocycles. The summed E-state index contributed by atoms with van der Waals surface area (Å²) in [5.41, 5.74) is 1.35. The van der Waals surface area contributed by atoms with Crippen molar-refractivity contribution in [3.63, 3.8) is 0 Å². The Morgan fingerprint density at radius 1 is 1.33 bits per heavy atom. The molecule has 3 nitrogen and oxygen atoms in total. The van der Waals surface area contributed by atoms with Gasteiger partial charge in [-0.1, -0.05) is 19.8 Å². The Bertz CT molecular complexity index is 350. The van der Waals surface area contributed by atoms with Crippen LogP contribution in [0.15, 0.2) is 16.4 Å². The quantitative estimate of drug-likeness (QED) is 0.342. The fourth-order valence-electron chi connectivity index (χ4n) is 1.55. The molecule has 0 aromatic carbocycles. The third-order valence-corrected chi connectivity index (χ3v) is 3.70. The predicted octanol–water partition coefficient (Wildman–Crippen LogP) is 3.53. The number of nitrogens with zero attached hydrogens (tertiary/aromatic N) is 1. The van der Waals surface area contributed by atoms with Crippen molar-refractivity contribution in [1.82, 2.24) is 10.6 Å². The molecule has 0 unspecified atom stereocenters. The average molecular weight is 381 g/mol. The Morgan fingerprint density at radius 3 is 2.67 bits per heavy atom. The van der Waals surface area contributed by atoms with Crippen LogP contribution in [-0.4, -0.2) is 19.6 Å². The van der Waals surface area contributed by atoms with E-state index in [2.05, 4.69) is 40.9 Å². The fourth-order valence-corrected chi connectivity index (χ4v) is 2.40. The van der Waals surface area contributed by atoms with Gasteiger partial charge in [0.15, 0.2) is 5.96 Å². The van der Waals surface area contributed by atoms with Gasteiger partial charge in [-0.3, -0.25) is 4.99 Å². The van der Waals surface area contributed by atoms with E-state index in [4.69, 9.17) is 0 Å². The maximum absolute atomic E-state index is 4.21. The summed E-state index contributed by atoms with van der Waals surface area (Å²) in [6.45, 7) is 6.21. The lowest BCUT2D eigenvalue weighted by Crippen LogP contribution is -2.37. The molecule has 0 saturated heterocycles. The number of hydrogen-bond acceptors (Lipinski definition) is 2. The lowest BCUT2D eigenvalue weighted by atomic mass is 10.2. The number of aliphatic imine (C=N–C) groups is 1. The van der Waals surface area contributed by atoms with Crippen molar-refractivity contribution >= 4 is 41.3 Å². The standard InChI is InChI=1S/C13H23N3S.HI/c1-4-5-6-8-15-13(14-3)16-10-12-11(2)7-9-17-12;/h7,9H,4-6,8,10H2,1-3H3,(H2,14,15,16);1H. The molecule has 0 fully saturated rings. The number of nitrogens with one attached hydrogen (secondary N) is 2. The zero-order valence-corrected chi connectivity index (χ0v) is 14.6. The van der Waals surface area contributed by atoms with E-state index in [-0.39, 0.29) is 24.0 Å². The first-order valence-electron chi connectivity index (χ1n) is 6.25. The van der Waals surface area contributed by atoms with E-state index in [1.165, 1.54) is 29.7 Å². The third kappa shape index (κ3) is 6.58. The number of hydrogen-bond donors (Lipinski definition) is 2. The average Bonchev–Trinajstić information content (AvgIpc) is 2.74. The molecular weight excluding hydrogens is 357 g/mol. The van der Waals surface area contributed by atoms with E-state index in [0.29, 0.717) is 0 Å². The Balaban J connectivity index is 0.00000289. The highest BCUT2D eigenvalue weighted by Gasteiger charge is 2.01. The Labute approximate surface area is 131 Å². The molecule has 0 spiro atoms. The first-order chi connectivity index (χ1) is 8.27. The summed E-state index contributed by atoms with van der Waals surface area (Å²) in [7, 11) is 1.82. The van der Waals surface area contributed by atoms with Crippen molar-refractivity contribution in [2.24, 2.45) is 4.99 Å². The summed E-state index contributed by atoms with van der Waals surface area (Å²) >= 11 is 1.79. The van der Waals surface area contributed by atoms with E-state index in [1.54, 1.807) is 11.3 Å². The Kier molecular flexibility index (Phi) is 10.4. The van der Waals surface area contributed by atoms with Gasteiger partial charge in [0.05, 0.1) is 6.54 Å². The van der Waals surface area contributed by atoms with E-state index in [9.17, 15) is 0 Å². The van der Waals surface area contributed by atoms with E-state index in [0.717, 1.165) is 19.0 Å². The summed E-state index contributed by atoms with van der Waals surface area (Å²) in [5.74, 6) is 0.897. The second-order valence-electron chi connectivity index (χ2n) is 4.09. The van der Waals surface area contributed by atoms with Crippen molar-refractivity contribution < 1.29 is 0 Å². The molecule has 0 aliphatic heterocycles. The van der Waals surface area contributed by atoms with Crippen LogP contribution in [0.25, 0.3) is 0 Å². The molecule has 1 heterocycles. The molecule has 2 N–H and O–H groups in total. The highest BCUT2D eigenvalue weighted by atomic mass is 127. The summed E-state index contributed by atoms with van der Waals surface area (Å²) in [6, 6.07) is 2.15. The normalized spacial score (nSPS) is 10.9. The number of aryl methyl sites for hydroxylation is 1. The molecule has 0 atom stereocenters. The highest BCUT2D eigenvalue weighted by Crippen LogP contribution is 2.14. The number of guanidine groups is 1. The smallest absolute Gasteiger partial charge is 0.191 e. The maximum Gasteiger partial charge on any atom is 0.191 e. The Morgan fingerprint density at radius 2 is 2.11 bits per heavy atom. The minimum Gasteiger partial charge on any atom is -0.356 e. The van der Waals surface area contributed by atoms with Crippen molar-refractivity contribution in [1.29, 1.82) is 0 Å². The molecule has 0 bridgehead atoms. The third-order valence-electron chi connectivity index (χ3n) is 2.68. The summed E-state index contributed by atoms with van der Waals surface area (Å²) in [6.07, 6.45) is 3.73. The number of rotatable bonds is 6. The van der Waals surface area contributed by atoms with Gasteiger partial charge in [-0.15, -0.1) is 35.3 Å². The molecule has 0 amide bonds. The van der Waals surface area contributed by atoms with Gasteiger partial charge >= 0.3 is 0 Å². The van der Waals surface area contributed by atoms with Crippen LogP contribution in [0.3, 0.4) is 0 Å². The first kappa shape index (κ1) is 17.7. The Hall–Kier alpha value is -0.300. The molecule has 104 valence electrons. The molecule has 0 radical (unpaired) electrons. The summed E-state index contributed by atoms with van der Waals surface area (Å²) in [4.78, 5) is 5.59. The minimum atomic E-state index is 0. The van der Waals surface area contributed by atoms with Crippen molar-refractivity contribution in [2.75, 3.05) is 13.6 Å². The predicted molar refractivity (Wildman–Crippen MR) is 92.2 cm³/mol. The maximum atomic E-state index is 4.21. The molecule has 0 saturated carbocycles. The molecule has 18 heavy (non-hydrogen) atoms. The zero-order chi connectivity index (χ0) is 12.5. The van der Waals surface area contributed by atoms with Crippen molar-refractivity contribution in [3.05, 3.63) is 21.9 Å². The van der Waals surface area contributed by atoms with Gasteiger partial charge in [0.2, 0.25) is 0 Å². The van der Waals surface area contributed by atoms with Crippen LogP contribution in [0.4, 0.5) is 0 Å². The van der Waals surface area contributed by atoms with Gasteiger partial charge in [0.1, 0.15) is 0 Å². The highest BCUT2D eigenvalue weighted by molar-refractivity contribution is 14.0. The van der Waals surface area contributed by atoms with Gasteiger partial charge < -0.3 is 10.6 Å². The second-order valence-corrected chi connectivity index (χ2v) is 5.09. The molecular formula is C13H24IN3S. The molecule has 1 rings (SSSR count). The van der Waals surface area contributed by atoms with E-state index < -0.39 is 0 Å². The molecule has 0 aliphatic rings. The fraction of sp³-hybridized carbons (Fsp3) is 0.615. The largest absolute Gasteiger partial charge is 0.356 e.